The van der Waals surface area contributed by atoms with Crippen molar-refractivity contribution in [2.75, 3.05) is 32.5 Å². The van der Waals surface area contributed by atoms with Crippen LogP contribution in [0.4, 0.5) is 5.69 Å². The molecule has 0 unspecified atom stereocenters. The van der Waals surface area contributed by atoms with Crippen LogP contribution >= 0.6 is 0 Å². The van der Waals surface area contributed by atoms with Gasteiger partial charge in [0.1, 0.15) is 0 Å². The van der Waals surface area contributed by atoms with Crippen LogP contribution < -0.4 is 15.5 Å². The highest BCUT2D eigenvalue weighted by molar-refractivity contribution is 6.39. The smallest absolute Gasteiger partial charge is 0.313 e. The molecule has 0 fully saturated rings. The molecule has 98 valence electrons. The SMILES string of the molecule is Cc1ccc(NC(=O)C(=O)NCC[NH+](C)C)cc1. The van der Waals surface area contributed by atoms with E-state index < -0.39 is 11.8 Å². The average molecular weight is 250 g/mol. The third kappa shape index (κ3) is 4.97. The van der Waals surface area contributed by atoms with Gasteiger partial charge in [-0.05, 0) is 19.1 Å². The molecule has 5 nitrogen and oxygen atoms in total. The number of aryl methyl sites for hydroxylation is 1. The Morgan fingerprint density at radius 2 is 1.72 bits per heavy atom. The van der Waals surface area contributed by atoms with Gasteiger partial charge in [0.15, 0.2) is 0 Å². The molecule has 1 aromatic rings. The summed E-state index contributed by atoms with van der Waals surface area (Å²) in [6.45, 7) is 3.23. The summed E-state index contributed by atoms with van der Waals surface area (Å²) in [6, 6.07) is 7.29. The maximum Gasteiger partial charge on any atom is 0.313 e. The molecule has 0 aliphatic rings. The monoisotopic (exact) mass is 250 g/mol. The number of nitrogens with one attached hydrogen (secondary N) is 3. The van der Waals surface area contributed by atoms with Crippen molar-refractivity contribution >= 4 is 17.5 Å². The highest BCUT2D eigenvalue weighted by Gasteiger charge is 2.13. The van der Waals surface area contributed by atoms with Gasteiger partial charge in [-0.25, -0.2) is 0 Å². The van der Waals surface area contributed by atoms with Crippen molar-refractivity contribution in [3.05, 3.63) is 29.8 Å². The minimum atomic E-state index is -0.632. The predicted octanol–water partition coefficient (Wildman–Crippen LogP) is -0.806. The second kappa shape index (κ2) is 6.76. The number of hydrogen-bond acceptors (Lipinski definition) is 2. The van der Waals surface area contributed by atoms with Gasteiger partial charge in [-0.15, -0.1) is 0 Å². The molecule has 5 heteroatoms. The van der Waals surface area contributed by atoms with Crippen molar-refractivity contribution in [3.8, 4) is 0 Å². The lowest BCUT2D eigenvalue weighted by Gasteiger charge is -2.08. The van der Waals surface area contributed by atoms with E-state index in [1.54, 1.807) is 12.1 Å². The van der Waals surface area contributed by atoms with Crippen molar-refractivity contribution in [1.29, 1.82) is 0 Å². The Bertz CT molecular complexity index is 413. The Kier molecular flexibility index (Phi) is 5.32. The lowest BCUT2D eigenvalue weighted by Crippen LogP contribution is -3.06. The Hall–Kier alpha value is -1.88. The Balaban J connectivity index is 2.40. The highest BCUT2D eigenvalue weighted by Crippen LogP contribution is 2.07. The number of rotatable bonds is 4. The minimum absolute atomic E-state index is 0.489. The van der Waals surface area contributed by atoms with Gasteiger partial charge in [-0.3, -0.25) is 9.59 Å². The van der Waals surface area contributed by atoms with Crippen LogP contribution in [-0.4, -0.2) is 39.0 Å². The molecule has 18 heavy (non-hydrogen) atoms. The molecule has 1 rings (SSSR count). The van der Waals surface area contributed by atoms with E-state index in [0.29, 0.717) is 12.2 Å². The second-order valence-electron chi connectivity index (χ2n) is 4.53. The van der Waals surface area contributed by atoms with E-state index in [1.165, 1.54) is 4.90 Å². The maximum atomic E-state index is 11.5. The molecule has 0 atom stereocenters. The summed E-state index contributed by atoms with van der Waals surface area (Å²) in [7, 11) is 3.97. The van der Waals surface area contributed by atoms with E-state index in [9.17, 15) is 9.59 Å². The van der Waals surface area contributed by atoms with Gasteiger partial charge < -0.3 is 15.5 Å². The molecule has 0 bridgehead atoms. The summed E-state index contributed by atoms with van der Waals surface area (Å²) in [4.78, 5) is 24.2. The zero-order valence-electron chi connectivity index (χ0n) is 11.0. The molecule has 0 saturated carbocycles. The molecule has 0 radical (unpaired) electrons. The van der Waals surface area contributed by atoms with E-state index in [0.717, 1.165) is 12.1 Å². The maximum absolute atomic E-state index is 11.5. The third-order valence-corrected chi connectivity index (χ3v) is 2.43. The van der Waals surface area contributed by atoms with E-state index in [1.807, 2.05) is 33.2 Å². The number of quaternary nitrogens is 1. The number of anilines is 1. The molecule has 0 heterocycles. The van der Waals surface area contributed by atoms with Gasteiger partial charge in [0, 0.05) is 5.69 Å². The lowest BCUT2D eigenvalue weighted by molar-refractivity contribution is -0.856. The first kappa shape index (κ1) is 14.2. The first-order valence-electron chi connectivity index (χ1n) is 5.94. The summed E-state index contributed by atoms with van der Waals surface area (Å²) >= 11 is 0. The van der Waals surface area contributed by atoms with Crippen LogP contribution in [0.2, 0.25) is 0 Å². The topological polar surface area (TPSA) is 62.6 Å². The van der Waals surface area contributed by atoms with Crippen LogP contribution in [0.1, 0.15) is 5.56 Å². The van der Waals surface area contributed by atoms with Crippen LogP contribution in [0.5, 0.6) is 0 Å². The van der Waals surface area contributed by atoms with Gasteiger partial charge in [0.2, 0.25) is 0 Å². The first-order chi connectivity index (χ1) is 8.49. The predicted molar refractivity (Wildman–Crippen MR) is 70.5 cm³/mol. The largest absolute Gasteiger partial charge is 0.342 e. The molecular formula is C13H20N3O2+. The van der Waals surface area contributed by atoms with E-state index in [4.69, 9.17) is 0 Å². The summed E-state index contributed by atoms with van der Waals surface area (Å²) in [5.41, 5.74) is 1.73. The number of likely N-dealkylation sites (N-methyl/N-ethyl adjacent to an activating group) is 1. The van der Waals surface area contributed by atoms with Gasteiger partial charge in [-0.2, -0.15) is 0 Å². The summed E-state index contributed by atoms with van der Waals surface area (Å²) in [5.74, 6) is -1.23. The molecule has 0 aliphatic carbocycles. The van der Waals surface area contributed by atoms with Crippen molar-refractivity contribution < 1.29 is 14.5 Å². The zero-order chi connectivity index (χ0) is 13.5. The zero-order valence-corrected chi connectivity index (χ0v) is 11.0. The second-order valence-corrected chi connectivity index (χ2v) is 4.53. The van der Waals surface area contributed by atoms with Crippen molar-refractivity contribution in [1.82, 2.24) is 5.32 Å². The highest BCUT2D eigenvalue weighted by atomic mass is 16.2. The molecule has 2 amide bonds. The quantitative estimate of drug-likeness (QED) is 0.612. The van der Waals surface area contributed by atoms with Crippen LogP contribution in [0.15, 0.2) is 24.3 Å². The van der Waals surface area contributed by atoms with Gasteiger partial charge in [0.25, 0.3) is 0 Å². The number of amides is 2. The van der Waals surface area contributed by atoms with Gasteiger partial charge >= 0.3 is 11.8 Å². The standard InChI is InChI=1S/C13H19N3O2/c1-10-4-6-11(7-5-10)15-13(18)12(17)14-8-9-16(2)3/h4-7H,8-9H2,1-3H3,(H,14,17)(H,15,18)/p+1. The molecule has 0 aromatic heterocycles. The molecule has 0 saturated heterocycles. The third-order valence-electron chi connectivity index (χ3n) is 2.43. The van der Waals surface area contributed by atoms with Crippen LogP contribution in [0, 0.1) is 6.92 Å². The number of benzene rings is 1. The average Bonchev–Trinajstić information content (AvgIpc) is 2.31. The van der Waals surface area contributed by atoms with Crippen LogP contribution in [-0.2, 0) is 9.59 Å². The number of carbonyl (C=O) groups excluding carboxylic acids is 2. The van der Waals surface area contributed by atoms with Crippen LogP contribution in [0.25, 0.3) is 0 Å². The van der Waals surface area contributed by atoms with E-state index in [-0.39, 0.29) is 0 Å². The first-order valence-corrected chi connectivity index (χ1v) is 5.94. The van der Waals surface area contributed by atoms with Crippen molar-refractivity contribution in [2.45, 2.75) is 6.92 Å². The number of hydrogen-bond donors (Lipinski definition) is 3. The molecular weight excluding hydrogens is 230 g/mol. The Labute approximate surface area is 107 Å². The number of carbonyl (C=O) groups is 2. The summed E-state index contributed by atoms with van der Waals surface area (Å²) < 4.78 is 0. The Morgan fingerprint density at radius 1 is 1.11 bits per heavy atom. The normalized spacial score (nSPS) is 10.2. The van der Waals surface area contributed by atoms with Gasteiger partial charge in [0.05, 0.1) is 27.2 Å². The molecule has 0 spiro atoms. The lowest BCUT2D eigenvalue weighted by atomic mass is 10.2. The fraction of sp³-hybridized carbons (Fsp3) is 0.385. The molecule has 0 aliphatic heterocycles. The Morgan fingerprint density at radius 3 is 2.28 bits per heavy atom. The van der Waals surface area contributed by atoms with Crippen LogP contribution in [0.3, 0.4) is 0 Å². The van der Waals surface area contributed by atoms with Crippen molar-refractivity contribution in [3.63, 3.8) is 0 Å². The van der Waals surface area contributed by atoms with E-state index in [2.05, 4.69) is 10.6 Å². The summed E-state index contributed by atoms with van der Waals surface area (Å²) in [6.07, 6.45) is 0. The molecule has 3 N–H and O–H groups in total. The van der Waals surface area contributed by atoms with Crippen molar-refractivity contribution in [2.24, 2.45) is 0 Å². The fourth-order valence-corrected chi connectivity index (χ4v) is 1.33. The fourth-order valence-electron chi connectivity index (χ4n) is 1.33. The molecule has 1 aromatic carbocycles. The van der Waals surface area contributed by atoms with E-state index >= 15 is 0 Å². The minimum Gasteiger partial charge on any atom is -0.342 e. The van der Waals surface area contributed by atoms with Gasteiger partial charge in [-0.1, -0.05) is 17.7 Å². The summed E-state index contributed by atoms with van der Waals surface area (Å²) in [5, 5.41) is 5.12.